The largest absolute Gasteiger partial charge is 0.464 e. The van der Waals surface area contributed by atoms with Crippen LogP contribution >= 0.6 is 0 Å². The highest BCUT2D eigenvalue weighted by atomic mass is 16.3. The molecule has 148 valence electrons. The van der Waals surface area contributed by atoms with Gasteiger partial charge in [-0.2, -0.15) is 0 Å². The minimum absolute atomic E-state index is 0.0635. The van der Waals surface area contributed by atoms with Gasteiger partial charge in [-0.05, 0) is 50.9 Å². The highest BCUT2D eigenvalue weighted by Crippen LogP contribution is 2.41. The molecule has 30 heavy (non-hydrogen) atoms. The van der Waals surface area contributed by atoms with E-state index in [1.807, 2.05) is 6.26 Å². The smallest absolute Gasteiger partial charge is 0.133 e. The third-order valence-electron chi connectivity index (χ3n) is 5.98. The summed E-state index contributed by atoms with van der Waals surface area (Å²) in [5.74, 6) is 1.03. The van der Waals surface area contributed by atoms with Crippen LogP contribution in [0, 0.1) is 0 Å². The average molecular weight is 391 g/mol. The molecule has 5 rings (SSSR count). The Kier molecular flexibility index (Phi) is 4.47. The first-order chi connectivity index (χ1) is 14.5. The molecule has 4 aromatic rings. The SMILES string of the molecule is CC(C)(C)c1ccoc1C1=Cc2cccc(-c3ccc(-c4ccccc4)cc3)c2C1. The summed E-state index contributed by atoms with van der Waals surface area (Å²) < 4.78 is 5.95. The Labute approximate surface area is 178 Å². The van der Waals surface area contributed by atoms with E-state index in [1.54, 1.807) is 0 Å². The number of fused-ring (bicyclic) bond motifs is 1. The molecule has 1 aliphatic carbocycles. The molecule has 0 atom stereocenters. The average Bonchev–Trinajstić information content (AvgIpc) is 3.41. The van der Waals surface area contributed by atoms with Crippen molar-refractivity contribution in [2.75, 3.05) is 0 Å². The van der Waals surface area contributed by atoms with Crippen LogP contribution in [0.3, 0.4) is 0 Å². The standard InChI is InChI=1S/C29H26O/c1-29(2,3)27-16-17-30-28(27)24-18-23-10-7-11-25(26(23)19-24)22-14-12-21(13-15-22)20-8-5-4-6-9-20/h4-18H,19H2,1-3H3. The lowest BCUT2D eigenvalue weighted by molar-refractivity contribution is 0.523. The number of benzene rings is 3. The van der Waals surface area contributed by atoms with Gasteiger partial charge in [0.1, 0.15) is 5.76 Å². The van der Waals surface area contributed by atoms with E-state index in [9.17, 15) is 0 Å². The lowest BCUT2D eigenvalue weighted by Crippen LogP contribution is -2.12. The summed E-state index contributed by atoms with van der Waals surface area (Å²) in [6.07, 6.45) is 5.02. The predicted octanol–water partition coefficient (Wildman–Crippen LogP) is 8.01. The zero-order valence-electron chi connectivity index (χ0n) is 17.8. The van der Waals surface area contributed by atoms with Gasteiger partial charge in [-0.3, -0.25) is 0 Å². The fourth-order valence-electron chi connectivity index (χ4n) is 4.40. The molecule has 0 fully saturated rings. The van der Waals surface area contributed by atoms with Crippen LogP contribution in [0.15, 0.2) is 89.5 Å². The van der Waals surface area contributed by atoms with Crippen molar-refractivity contribution >= 4 is 11.6 Å². The van der Waals surface area contributed by atoms with Gasteiger partial charge < -0.3 is 4.42 Å². The Balaban J connectivity index is 1.48. The number of hydrogen-bond acceptors (Lipinski definition) is 1. The molecule has 3 aromatic carbocycles. The maximum Gasteiger partial charge on any atom is 0.133 e. The van der Waals surface area contributed by atoms with E-state index in [0.717, 1.165) is 12.2 Å². The summed E-state index contributed by atoms with van der Waals surface area (Å²) in [6, 6.07) is 28.2. The molecule has 0 amide bonds. The van der Waals surface area contributed by atoms with Crippen molar-refractivity contribution in [2.45, 2.75) is 32.6 Å². The number of furan rings is 1. The molecule has 0 aliphatic heterocycles. The van der Waals surface area contributed by atoms with Crippen LogP contribution in [0.2, 0.25) is 0 Å². The fourth-order valence-corrected chi connectivity index (χ4v) is 4.40. The summed E-state index contributed by atoms with van der Waals surface area (Å²) >= 11 is 0. The van der Waals surface area contributed by atoms with Crippen LogP contribution < -0.4 is 0 Å². The third kappa shape index (κ3) is 3.31. The lowest BCUT2D eigenvalue weighted by Gasteiger charge is -2.18. The van der Waals surface area contributed by atoms with E-state index < -0.39 is 0 Å². The van der Waals surface area contributed by atoms with Crippen molar-refractivity contribution in [1.82, 2.24) is 0 Å². The van der Waals surface area contributed by atoms with Gasteiger partial charge >= 0.3 is 0 Å². The van der Waals surface area contributed by atoms with Crippen molar-refractivity contribution in [3.05, 3.63) is 108 Å². The molecule has 1 aromatic heterocycles. The van der Waals surface area contributed by atoms with Gasteiger partial charge in [-0.15, -0.1) is 0 Å². The van der Waals surface area contributed by atoms with Crippen LogP contribution in [0.25, 0.3) is 33.9 Å². The number of rotatable bonds is 3. The van der Waals surface area contributed by atoms with E-state index in [4.69, 9.17) is 4.42 Å². The van der Waals surface area contributed by atoms with E-state index >= 15 is 0 Å². The molecule has 0 N–H and O–H groups in total. The van der Waals surface area contributed by atoms with Crippen molar-refractivity contribution in [3.63, 3.8) is 0 Å². The van der Waals surface area contributed by atoms with Gasteiger partial charge in [-0.1, -0.05) is 93.6 Å². The van der Waals surface area contributed by atoms with E-state index in [-0.39, 0.29) is 5.41 Å². The van der Waals surface area contributed by atoms with E-state index in [0.29, 0.717) is 0 Å². The molecule has 0 unspecified atom stereocenters. The Morgan fingerprint density at radius 2 is 1.40 bits per heavy atom. The normalized spacial score (nSPS) is 13.2. The summed E-state index contributed by atoms with van der Waals surface area (Å²) in [5, 5.41) is 0. The number of hydrogen-bond donors (Lipinski definition) is 0. The first-order valence-electron chi connectivity index (χ1n) is 10.6. The molecule has 1 heteroatoms. The molecule has 1 heterocycles. The number of allylic oxidation sites excluding steroid dienone is 1. The topological polar surface area (TPSA) is 13.1 Å². The molecule has 1 aliphatic rings. The van der Waals surface area contributed by atoms with Crippen LogP contribution in [0.4, 0.5) is 0 Å². The quantitative estimate of drug-likeness (QED) is 0.345. The Bertz CT molecular complexity index is 1220. The molecule has 0 radical (unpaired) electrons. The maximum absolute atomic E-state index is 5.95. The zero-order valence-corrected chi connectivity index (χ0v) is 17.8. The Morgan fingerprint density at radius 1 is 0.700 bits per heavy atom. The van der Waals surface area contributed by atoms with E-state index in [1.165, 1.54) is 44.5 Å². The van der Waals surface area contributed by atoms with Crippen LogP contribution in [-0.4, -0.2) is 0 Å². The summed E-state index contributed by atoms with van der Waals surface area (Å²) in [5.41, 5.74) is 10.4. The second-order valence-electron chi connectivity index (χ2n) is 9.08. The third-order valence-corrected chi connectivity index (χ3v) is 5.98. The minimum atomic E-state index is 0.0635. The highest BCUT2D eigenvalue weighted by molar-refractivity contribution is 5.92. The molecule has 0 saturated carbocycles. The molecular formula is C29H26O. The molecule has 1 nitrogen and oxygen atoms in total. The van der Waals surface area contributed by atoms with Gasteiger partial charge in [-0.25, -0.2) is 0 Å². The Hall–Kier alpha value is -3.32. The summed E-state index contributed by atoms with van der Waals surface area (Å²) in [6.45, 7) is 6.72. The predicted molar refractivity (Wildman–Crippen MR) is 126 cm³/mol. The van der Waals surface area contributed by atoms with Gasteiger partial charge in [0.05, 0.1) is 6.26 Å². The zero-order chi connectivity index (χ0) is 20.7. The second kappa shape index (κ2) is 7.18. The first kappa shape index (κ1) is 18.7. The van der Waals surface area contributed by atoms with E-state index in [2.05, 4.69) is 106 Å². The fraction of sp³-hybridized carbons (Fsp3) is 0.172. The molecule has 0 spiro atoms. The van der Waals surface area contributed by atoms with Gasteiger partial charge in [0.2, 0.25) is 0 Å². The van der Waals surface area contributed by atoms with Gasteiger partial charge in [0.15, 0.2) is 0 Å². The van der Waals surface area contributed by atoms with Crippen LogP contribution in [-0.2, 0) is 11.8 Å². The Morgan fingerprint density at radius 3 is 2.13 bits per heavy atom. The van der Waals surface area contributed by atoms with Crippen molar-refractivity contribution < 1.29 is 4.42 Å². The van der Waals surface area contributed by atoms with Crippen LogP contribution in [0.5, 0.6) is 0 Å². The van der Waals surface area contributed by atoms with Crippen molar-refractivity contribution in [3.8, 4) is 22.3 Å². The molecular weight excluding hydrogens is 364 g/mol. The van der Waals surface area contributed by atoms with Gasteiger partial charge in [0.25, 0.3) is 0 Å². The second-order valence-corrected chi connectivity index (χ2v) is 9.08. The van der Waals surface area contributed by atoms with Crippen LogP contribution in [0.1, 0.15) is 43.2 Å². The van der Waals surface area contributed by atoms with Crippen molar-refractivity contribution in [1.29, 1.82) is 0 Å². The monoisotopic (exact) mass is 390 g/mol. The minimum Gasteiger partial charge on any atom is -0.464 e. The summed E-state index contributed by atoms with van der Waals surface area (Å²) in [7, 11) is 0. The summed E-state index contributed by atoms with van der Waals surface area (Å²) in [4.78, 5) is 0. The maximum atomic E-state index is 5.95. The first-order valence-corrected chi connectivity index (χ1v) is 10.6. The molecule has 0 saturated heterocycles. The van der Waals surface area contributed by atoms with Crippen molar-refractivity contribution in [2.24, 2.45) is 0 Å². The highest BCUT2D eigenvalue weighted by Gasteiger charge is 2.26. The molecule has 0 bridgehead atoms. The van der Waals surface area contributed by atoms with Gasteiger partial charge in [0, 0.05) is 17.6 Å². The lowest BCUT2D eigenvalue weighted by atomic mass is 9.85.